The number of esters is 1. The van der Waals surface area contributed by atoms with Crippen molar-refractivity contribution in [1.29, 1.82) is 0 Å². The van der Waals surface area contributed by atoms with Gasteiger partial charge in [-0.25, -0.2) is 9.78 Å². The first-order valence-corrected chi connectivity index (χ1v) is 11.5. The summed E-state index contributed by atoms with van der Waals surface area (Å²) in [4.78, 5) is 16.3. The molecule has 0 N–H and O–H groups in total. The second-order valence-corrected chi connectivity index (χ2v) is 9.15. The molecule has 0 fully saturated rings. The van der Waals surface area contributed by atoms with E-state index < -0.39 is 21.8 Å². The van der Waals surface area contributed by atoms with Gasteiger partial charge in [0.2, 0.25) is 5.89 Å². The summed E-state index contributed by atoms with van der Waals surface area (Å²) in [6.07, 6.45) is 0. The van der Waals surface area contributed by atoms with Crippen LogP contribution in [0.1, 0.15) is 15.9 Å². The number of aromatic nitrogens is 1. The quantitative estimate of drug-likeness (QED) is 0.259. The number of methoxy groups -OCH3 is 1. The van der Waals surface area contributed by atoms with Crippen molar-refractivity contribution in [3.05, 3.63) is 81.8 Å². The Kier molecular flexibility index (Phi) is 6.10. The molecule has 10 heteroatoms. The molecule has 0 aliphatic rings. The number of oxazole rings is 1. The first-order valence-electron chi connectivity index (χ1n) is 9.20. The average molecular weight is 492 g/mol. The van der Waals surface area contributed by atoms with Gasteiger partial charge < -0.3 is 13.3 Å². The second-order valence-electron chi connectivity index (χ2n) is 6.71. The van der Waals surface area contributed by atoms with Crippen LogP contribution in [0.4, 0.5) is 0 Å². The van der Waals surface area contributed by atoms with Crippen molar-refractivity contribution in [3.8, 4) is 17.2 Å². The lowest BCUT2D eigenvalue weighted by Gasteiger charge is -2.12. The minimum Gasteiger partial charge on any atom is -0.465 e. The van der Waals surface area contributed by atoms with Gasteiger partial charge in [0.05, 0.1) is 18.2 Å². The van der Waals surface area contributed by atoms with Crippen LogP contribution in [-0.4, -0.2) is 26.5 Å². The zero-order valence-corrected chi connectivity index (χ0v) is 18.9. The standard InChI is InChI=1S/C22H15Cl2NO6S/c1-29-22(26)16-5-3-2-4-13(16)12-32(27,28)31-20-11-15(24)6-8-17(20)21-25-18-10-14(23)7-9-19(18)30-21/h2-11H,12H2,1H3. The van der Waals surface area contributed by atoms with Crippen molar-refractivity contribution < 1.29 is 26.5 Å². The molecule has 3 aromatic carbocycles. The number of fused-ring (bicyclic) bond motifs is 1. The zero-order valence-electron chi connectivity index (χ0n) is 16.5. The molecule has 0 aliphatic heterocycles. The number of hydrogen-bond acceptors (Lipinski definition) is 7. The Morgan fingerprint density at radius 2 is 1.75 bits per heavy atom. The van der Waals surface area contributed by atoms with Gasteiger partial charge in [-0.1, -0.05) is 41.4 Å². The van der Waals surface area contributed by atoms with Gasteiger partial charge in [0.25, 0.3) is 0 Å². The molecule has 0 atom stereocenters. The van der Waals surface area contributed by atoms with Crippen LogP contribution in [0.25, 0.3) is 22.6 Å². The number of benzene rings is 3. The van der Waals surface area contributed by atoms with Crippen LogP contribution in [0.2, 0.25) is 10.0 Å². The molecule has 1 aromatic heterocycles. The third-order valence-electron chi connectivity index (χ3n) is 4.50. The summed E-state index contributed by atoms with van der Waals surface area (Å²) in [6.45, 7) is 0. The highest BCUT2D eigenvalue weighted by Crippen LogP contribution is 2.35. The topological polar surface area (TPSA) is 95.7 Å². The Balaban J connectivity index is 1.70. The molecule has 32 heavy (non-hydrogen) atoms. The molecule has 0 saturated carbocycles. The Morgan fingerprint density at radius 1 is 1.03 bits per heavy atom. The molecule has 0 aliphatic carbocycles. The minimum absolute atomic E-state index is 0.0642. The molecular weight excluding hydrogens is 477 g/mol. The number of carbonyl (C=O) groups excluding carboxylic acids is 1. The van der Waals surface area contributed by atoms with Crippen molar-refractivity contribution >= 4 is 50.4 Å². The lowest BCUT2D eigenvalue weighted by Crippen LogP contribution is -2.15. The summed E-state index contributed by atoms with van der Waals surface area (Å²) in [5.41, 5.74) is 1.62. The van der Waals surface area contributed by atoms with E-state index in [1.54, 1.807) is 42.5 Å². The van der Waals surface area contributed by atoms with E-state index in [1.165, 1.54) is 25.3 Å². The predicted molar refractivity (Wildman–Crippen MR) is 120 cm³/mol. The number of carbonyl (C=O) groups is 1. The van der Waals surface area contributed by atoms with Crippen LogP contribution >= 0.6 is 23.2 Å². The van der Waals surface area contributed by atoms with E-state index in [0.29, 0.717) is 16.1 Å². The maximum absolute atomic E-state index is 12.9. The maximum atomic E-state index is 12.9. The fourth-order valence-corrected chi connectivity index (χ4v) is 4.50. The van der Waals surface area contributed by atoms with Crippen molar-refractivity contribution in [2.45, 2.75) is 5.75 Å². The minimum atomic E-state index is -4.19. The molecule has 0 bridgehead atoms. The number of ether oxygens (including phenoxy) is 1. The molecule has 0 unspecified atom stereocenters. The zero-order chi connectivity index (χ0) is 22.9. The van der Waals surface area contributed by atoms with Gasteiger partial charge in [0.1, 0.15) is 11.3 Å². The maximum Gasteiger partial charge on any atom is 0.338 e. The molecule has 0 saturated heterocycles. The van der Waals surface area contributed by atoms with Gasteiger partial charge >= 0.3 is 16.1 Å². The average Bonchev–Trinajstić information content (AvgIpc) is 3.15. The van der Waals surface area contributed by atoms with E-state index in [9.17, 15) is 13.2 Å². The number of nitrogens with zero attached hydrogens (tertiary/aromatic N) is 1. The smallest absolute Gasteiger partial charge is 0.338 e. The monoisotopic (exact) mass is 491 g/mol. The molecule has 0 spiro atoms. The van der Waals surface area contributed by atoms with Gasteiger partial charge in [0, 0.05) is 16.1 Å². The largest absolute Gasteiger partial charge is 0.465 e. The van der Waals surface area contributed by atoms with E-state index >= 15 is 0 Å². The van der Waals surface area contributed by atoms with Gasteiger partial charge in [-0.15, -0.1) is 0 Å². The van der Waals surface area contributed by atoms with Crippen molar-refractivity contribution in [2.24, 2.45) is 0 Å². The van der Waals surface area contributed by atoms with Gasteiger partial charge in [-0.2, -0.15) is 8.42 Å². The van der Waals surface area contributed by atoms with Crippen molar-refractivity contribution in [2.75, 3.05) is 7.11 Å². The van der Waals surface area contributed by atoms with E-state index in [4.69, 9.17) is 36.5 Å². The molecule has 0 amide bonds. The van der Waals surface area contributed by atoms with Gasteiger partial charge in [0.15, 0.2) is 11.3 Å². The lowest BCUT2D eigenvalue weighted by atomic mass is 10.1. The Labute approximate surface area is 193 Å². The SMILES string of the molecule is COC(=O)c1ccccc1CS(=O)(=O)Oc1cc(Cl)ccc1-c1nc2cc(Cl)ccc2o1. The molecule has 4 aromatic rings. The normalized spacial score (nSPS) is 11.5. The van der Waals surface area contributed by atoms with E-state index in [1.807, 2.05) is 0 Å². The Morgan fingerprint density at radius 3 is 2.53 bits per heavy atom. The number of halogens is 2. The Hall–Kier alpha value is -3.07. The van der Waals surface area contributed by atoms with Crippen molar-refractivity contribution in [3.63, 3.8) is 0 Å². The first-order chi connectivity index (χ1) is 15.3. The summed E-state index contributed by atoms with van der Waals surface area (Å²) in [5.74, 6) is -1.14. The Bertz CT molecular complexity index is 1430. The molecular formula is C22H15Cl2NO6S. The fourth-order valence-electron chi connectivity index (χ4n) is 3.07. The van der Waals surface area contributed by atoms with Crippen LogP contribution in [-0.2, 0) is 20.6 Å². The third kappa shape index (κ3) is 4.72. The summed E-state index contributed by atoms with van der Waals surface area (Å²) < 4.78 is 41.5. The molecule has 164 valence electrons. The molecule has 0 radical (unpaired) electrons. The molecule has 7 nitrogen and oxygen atoms in total. The van der Waals surface area contributed by atoms with E-state index in [0.717, 1.165) is 0 Å². The van der Waals surface area contributed by atoms with Gasteiger partial charge in [-0.05, 0) is 42.0 Å². The van der Waals surface area contributed by atoms with Crippen LogP contribution in [0, 0.1) is 0 Å². The highest BCUT2D eigenvalue weighted by molar-refractivity contribution is 7.86. The second kappa shape index (κ2) is 8.82. The van der Waals surface area contributed by atoms with E-state index in [-0.39, 0.29) is 33.4 Å². The van der Waals surface area contributed by atoms with Crippen LogP contribution < -0.4 is 4.18 Å². The first kappa shape index (κ1) is 22.1. The van der Waals surface area contributed by atoms with Gasteiger partial charge in [-0.3, -0.25) is 0 Å². The summed E-state index contributed by atoms with van der Waals surface area (Å²) >= 11 is 12.1. The summed E-state index contributed by atoms with van der Waals surface area (Å²) in [7, 11) is -2.97. The van der Waals surface area contributed by atoms with Crippen molar-refractivity contribution in [1.82, 2.24) is 4.98 Å². The number of hydrogen-bond donors (Lipinski definition) is 0. The number of rotatable bonds is 6. The highest BCUT2D eigenvalue weighted by atomic mass is 35.5. The molecule has 1 heterocycles. The van der Waals surface area contributed by atoms with Crippen LogP contribution in [0.15, 0.2) is 65.1 Å². The van der Waals surface area contributed by atoms with Crippen LogP contribution in [0.3, 0.4) is 0 Å². The van der Waals surface area contributed by atoms with Crippen LogP contribution in [0.5, 0.6) is 5.75 Å². The lowest BCUT2D eigenvalue weighted by molar-refractivity contribution is 0.0600. The molecule has 4 rings (SSSR count). The fraction of sp³-hybridized carbons (Fsp3) is 0.0909. The predicted octanol–water partition coefficient (Wildman–Crippen LogP) is 5.50. The highest BCUT2D eigenvalue weighted by Gasteiger charge is 2.23. The summed E-state index contributed by atoms with van der Waals surface area (Å²) in [5, 5.41) is 0.741. The van der Waals surface area contributed by atoms with E-state index in [2.05, 4.69) is 4.98 Å². The third-order valence-corrected chi connectivity index (χ3v) is 6.06. The summed E-state index contributed by atoms with van der Waals surface area (Å²) in [6, 6.07) is 15.6.